The molecule has 1 rings (SSSR count). The number of carboxylic acids is 1. The van der Waals surface area contributed by atoms with Gasteiger partial charge in [-0.3, -0.25) is 4.79 Å². The lowest BCUT2D eigenvalue weighted by Gasteiger charge is -2.16. The minimum Gasteiger partial charge on any atom is -0.479 e. The van der Waals surface area contributed by atoms with Crippen molar-refractivity contribution in [3.05, 3.63) is 35.4 Å². The maximum absolute atomic E-state index is 11.7. The van der Waals surface area contributed by atoms with E-state index in [1.54, 1.807) is 32.3 Å². The normalized spacial score (nSPS) is 11.4. The topological polar surface area (TPSA) is 98.7 Å². The van der Waals surface area contributed by atoms with Gasteiger partial charge >= 0.3 is 12.0 Å². The number of aryl methyl sites for hydroxylation is 1. The molecular formula is C14H19N3O4. The summed E-state index contributed by atoms with van der Waals surface area (Å²) in [6.45, 7) is 1.55. The van der Waals surface area contributed by atoms with Crippen LogP contribution in [0.3, 0.4) is 0 Å². The van der Waals surface area contributed by atoms with Crippen LogP contribution in [0.1, 0.15) is 17.2 Å². The Kier molecular flexibility index (Phi) is 5.71. The zero-order valence-corrected chi connectivity index (χ0v) is 12.2. The summed E-state index contributed by atoms with van der Waals surface area (Å²) in [6, 6.07) is 5.31. The zero-order valence-electron chi connectivity index (χ0n) is 12.2. The third-order valence-corrected chi connectivity index (χ3v) is 2.73. The van der Waals surface area contributed by atoms with Crippen LogP contribution < -0.4 is 10.6 Å². The number of carbonyl (C=O) groups is 3. The van der Waals surface area contributed by atoms with Crippen molar-refractivity contribution in [1.82, 2.24) is 15.5 Å². The highest BCUT2D eigenvalue weighted by atomic mass is 16.4. The Morgan fingerprint density at radius 2 is 1.95 bits per heavy atom. The number of carboxylic acid groups (broad SMARTS) is 1. The molecule has 1 aromatic carbocycles. The number of aliphatic carboxylic acids is 1. The summed E-state index contributed by atoms with van der Waals surface area (Å²) >= 11 is 0. The second-order valence-corrected chi connectivity index (χ2v) is 4.81. The maximum atomic E-state index is 11.7. The largest absolute Gasteiger partial charge is 0.479 e. The Labute approximate surface area is 122 Å². The monoisotopic (exact) mass is 293 g/mol. The van der Waals surface area contributed by atoms with Gasteiger partial charge in [0.2, 0.25) is 5.91 Å². The molecule has 1 aromatic rings. The summed E-state index contributed by atoms with van der Waals surface area (Å²) in [6.07, 6.45) is 0. The molecule has 1 unspecified atom stereocenters. The van der Waals surface area contributed by atoms with Crippen LogP contribution in [0.4, 0.5) is 4.79 Å². The minimum atomic E-state index is -1.16. The van der Waals surface area contributed by atoms with E-state index in [9.17, 15) is 19.5 Å². The predicted molar refractivity (Wildman–Crippen MR) is 76.8 cm³/mol. The van der Waals surface area contributed by atoms with Crippen molar-refractivity contribution < 1.29 is 19.5 Å². The molecule has 0 bridgehead atoms. The Balaban J connectivity index is 2.69. The molecule has 0 heterocycles. The summed E-state index contributed by atoms with van der Waals surface area (Å²) in [7, 11) is 3.08. The van der Waals surface area contributed by atoms with E-state index in [0.717, 1.165) is 5.56 Å². The van der Waals surface area contributed by atoms with Crippen LogP contribution in [0.25, 0.3) is 0 Å². The van der Waals surface area contributed by atoms with E-state index >= 15 is 0 Å². The highest BCUT2D eigenvalue weighted by Gasteiger charge is 2.22. The van der Waals surface area contributed by atoms with Crippen LogP contribution in [-0.4, -0.2) is 48.6 Å². The minimum absolute atomic E-state index is 0.285. The molecule has 7 heteroatoms. The average molecular weight is 293 g/mol. The molecule has 0 aliphatic heterocycles. The molecule has 1 atom stereocenters. The van der Waals surface area contributed by atoms with Crippen molar-refractivity contribution in [2.45, 2.75) is 13.0 Å². The fourth-order valence-corrected chi connectivity index (χ4v) is 1.66. The van der Waals surface area contributed by atoms with Crippen molar-refractivity contribution >= 4 is 17.9 Å². The van der Waals surface area contributed by atoms with E-state index < -0.39 is 23.9 Å². The fourth-order valence-electron chi connectivity index (χ4n) is 1.66. The third-order valence-electron chi connectivity index (χ3n) is 2.73. The first-order chi connectivity index (χ1) is 9.81. The second kappa shape index (κ2) is 7.28. The number of carbonyl (C=O) groups excluding carboxylic acids is 2. The van der Waals surface area contributed by atoms with Crippen LogP contribution in [0, 0.1) is 6.92 Å². The van der Waals surface area contributed by atoms with Gasteiger partial charge in [-0.1, -0.05) is 29.8 Å². The number of rotatable bonds is 5. The molecular weight excluding hydrogens is 274 g/mol. The summed E-state index contributed by atoms with van der Waals surface area (Å²) in [5, 5.41) is 14.0. The molecule has 7 nitrogen and oxygen atoms in total. The molecule has 0 radical (unpaired) electrons. The number of hydrogen-bond donors (Lipinski definition) is 3. The Morgan fingerprint density at radius 3 is 2.48 bits per heavy atom. The number of nitrogens with one attached hydrogen (secondary N) is 2. The molecule has 114 valence electrons. The molecule has 0 fully saturated rings. The van der Waals surface area contributed by atoms with Crippen LogP contribution in [0.5, 0.6) is 0 Å². The van der Waals surface area contributed by atoms with E-state index in [0.29, 0.717) is 5.56 Å². The zero-order chi connectivity index (χ0) is 16.0. The molecule has 0 aromatic heterocycles. The predicted octanol–water partition coefficient (Wildman–Crippen LogP) is 0.508. The molecule has 0 saturated heterocycles. The lowest BCUT2D eigenvalue weighted by molar-refractivity contribution is -0.141. The smallest absolute Gasteiger partial charge is 0.330 e. The van der Waals surface area contributed by atoms with Crippen molar-refractivity contribution in [3.63, 3.8) is 0 Å². The van der Waals surface area contributed by atoms with Crippen molar-refractivity contribution in [3.8, 4) is 0 Å². The van der Waals surface area contributed by atoms with Crippen LogP contribution >= 0.6 is 0 Å². The maximum Gasteiger partial charge on any atom is 0.330 e. The van der Waals surface area contributed by atoms with E-state index in [4.69, 9.17) is 0 Å². The lowest BCUT2D eigenvalue weighted by Crippen LogP contribution is -2.43. The van der Waals surface area contributed by atoms with Crippen molar-refractivity contribution in [2.75, 3.05) is 20.6 Å². The molecule has 0 aliphatic rings. The highest BCUT2D eigenvalue weighted by molar-refractivity contribution is 5.88. The number of hydrogen-bond acceptors (Lipinski definition) is 3. The van der Waals surface area contributed by atoms with Gasteiger partial charge in [-0.25, -0.2) is 9.59 Å². The first kappa shape index (κ1) is 16.5. The first-order valence-corrected chi connectivity index (χ1v) is 6.35. The van der Waals surface area contributed by atoms with Gasteiger partial charge in [0, 0.05) is 14.1 Å². The molecule has 0 spiro atoms. The second-order valence-electron chi connectivity index (χ2n) is 4.81. The van der Waals surface area contributed by atoms with Crippen LogP contribution in [-0.2, 0) is 9.59 Å². The van der Waals surface area contributed by atoms with Gasteiger partial charge in [0.1, 0.15) is 0 Å². The van der Waals surface area contributed by atoms with Gasteiger partial charge in [-0.05, 0) is 12.5 Å². The fraction of sp³-hybridized carbons (Fsp3) is 0.357. The summed E-state index contributed by atoms with van der Waals surface area (Å²) in [5.41, 5.74) is 1.38. The summed E-state index contributed by atoms with van der Waals surface area (Å²) < 4.78 is 0. The lowest BCUT2D eigenvalue weighted by atomic mass is 10.0. The van der Waals surface area contributed by atoms with Crippen LogP contribution in [0.15, 0.2) is 24.3 Å². The van der Waals surface area contributed by atoms with E-state index in [1.807, 2.05) is 13.0 Å². The van der Waals surface area contributed by atoms with Gasteiger partial charge in [-0.2, -0.15) is 0 Å². The van der Waals surface area contributed by atoms with Gasteiger partial charge < -0.3 is 20.6 Å². The molecule has 0 aliphatic carbocycles. The Bertz CT molecular complexity index is 543. The average Bonchev–Trinajstić information content (AvgIpc) is 2.41. The standard InChI is InChI=1S/C14H19N3O4/c1-9-5-4-6-10(7-9)12(13(19)20)16-11(18)8-15-14(21)17(2)3/h4-7,12H,8H2,1-3H3,(H,15,21)(H,16,18)(H,19,20). The van der Waals surface area contributed by atoms with Crippen molar-refractivity contribution in [1.29, 1.82) is 0 Å². The highest BCUT2D eigenvalue weighted by Crippen LogP contribution is 2.14. The molecule has 0 saturated carbocycles. The summed E-state index contributed by atoms with van der Waals surface area (Å²) in [4.78, 5) is 35.6. The van der Waals surface area contributed by atoms with Gasteiger partial charge in [-0.15, -0.1) is 0 Å². The van der Waals surface area contributed by atoms with E-state index in [2.05, 4.69) is 10.6 Å². The quantitative estimate of drug-likeness (QED) is 0.736. The van der Waals surface area contributed by atoms with Gasteiger partial charge in [0.25, 0.3) is 0 Å². The summed E-state index contributed by atoms with van der Waals surface area (Å²) in [5.74, 6) is -1.73. The number of nitrogens with zero attached hydrogens (tertiary/aromatic N) is 1. The Morgan fingerprint density at radius 1 is 1.29 bits per heavy atom. The van der Waals surface area contributed by atoms with E-state index in [-0.39, 0.29) is 6.54 Å². The molecule has 3 amide bonds. The molecule has 3 N–H and O–H groups in total. The van der Waals surface area contributed by atoms with Crippen molar-refractivity contribution in [2.24, 2.45) is 0 Å². The van der Waals surface area contributed by atoms with Crippen LogP contribution in [0.2, 0.25) is 0 Å². The van der Waals surface area contributed by atoms with E-state index in [1.165, 1.54) is 4.90 Å². The molecule has 21 heavy (non-hydrogen) atoms. The number of amides is 3. The first-order valence-electron chi connectivity index (χ1n) is 6.35. The number of urea groups is 1. The Hall–Kier alpha value is -2.57. The van der Waals surface area contributed by atoms with Gasteiger partial charge in [0.05, 0.1) is 6.54 Å². The third kappa shape index (κ3) is 5.13. The SMILES string of the molecule is Cc1cccc(C(NC(=O)CNC(=O)N(C)C)C(=O)O)c1. The van der Waals surface area contributed by atoms with Gasteiger partial charge in [0.15, 0.2) is 6.04 Å². The number of benzene rings is 1.